The molecule has 2 fully saturated rings. The molecule has 23 heavy (non-hydrogen) atoms. The Kier molecular flexibility index (Phi) is 4.14. The number of carbonyl (C=O) groups is 2. The van der Waals surface area contributed by atoms with Crippen molar-refractivity contribution in [1.82, 2.24) is 4.90 Å². The highest BCUT2D eigenvalue weighted by atomic mass is 19.4. The summed E-state index contributed by atoms with van der Waals surface area (Å²) >= 11 is 0. The summed E-state index contributed by atoms with van der Waals surface area (Å²) in [6, 6.07) is 4.09. The lowest BCUT2D eigenvalue weighted by Gasteiger charge is -2.30. The van der Waals surface area contributed by atoms with Gasteiger partial charge in [0.1, 0.15) is 0 Å². The van der Waals surface area contributed by atoms with Crippen LogP contribution in [0.3, 0.4) is 0 Å². The molecule has 0 N–H and O–H groups in total. The molecule has 7 heteroatoms. The van der Waals surface area contributed by atoms with Crippen molar-refractivity contribution in [2.24, 2.45) is 0 Å². The van der Waals surface area contributed by atoms with Crippen LogP contribution in [-0.2, 0) is 15.8 Å². The molecule has 124 valence electrons. The van der Waals surface area contributed by atoms with Crippen molar-refractivity contribution in [3.8, 4) is 0 Å². The predicted molar refractivity (Wildman–Crippen MR) is 77.8 cm³/mol. The third-order valence-corrected chi connectivity index (χ3v) is 4.40. The first-order valence-electron chi connectivity index (χ1n) is 7.66. The number of hydrogen-bond acceptors (Lipinski definition) is 3. The second-order valence-corrected chi connectivity index (χ2v) is 5.90. The zero-order valence-electron chi connectivity index (χ0n) is 12.5. The van der Waals surface area contributed by atoms with Crippen LogP contribution in [0.25, 0.3) is 0 Å². The van der Waals surface area contributed by atoms with E-state index in [0.717, 1.165) is 25.3 Å². The number of amides is 2. The van der Waals surface area contributed by atoms with Crippen LogP contribution >= 0.6 is 0 Å². The molecule has 3 rings (SSSR count). The molecule has 0 spiro atoms. The SMILES string of the molecule is O=C1CC(N2CCCCC2)C(=O)N1c1ccccc1C(F)(F)F. The second kappa shape index (κ2) is 5.96. The first-order chi connectivity index (χ1) is 10.9. The monoisotopic (exact) mass is 326 g/mol. The summed E-state index contributed by atoms with van der Waals surface area (Å²) in [6.45, 7) is 1.41. The molecule has 1 atom stereocenters. The maximum absolute atomic E-state index is 13.1. The number of hydrogen-bond donors (Lipinski definition) is 0. The van der Waals surface area contributed by atoms with Crippen LogP contribution in [0.15, 0.2) is 24.3 Å². The van der Waals surface area contributed by atoms with Crippen LogP contribution in [0.1, 0.15) is 31.2 Å². The summed E-state index contributed by atoms with van der Waals surface area (Å²) in [5.41, 5.74) is -1.32. The van der Waals surface area contributed by atoms with Gasteiger partial charge < -0.3 is 0 Å². The van der Waals surface area contributed by atoms with E-state index in [1.807, 2.05) is 4.90 Å². The van der Waals surface area contributed by atoms with Crippen molar-refractivity contribution in [2.75, 3.05) is 18.0 Å². The Morgan fingerprint density at radius 2 is 1.65 bits per heavy atom. The average molecular weight is 326 g/mol. The topological polar surface area (TPSA) is 40.6 Å². The van der Waals surface area contributed by atoms with Gasteiger partial charge in [-0.1, -0.05) is 18.6 Å². The number of piperidine rings is 1. The summed E-state index contributed by atoms with van der Waals surface area (Å²) in [6.07, 6.45) is -1.70. The minimum atomic E-state index is -4.61. The van der Waals surface area contributed by atoms with Gasteiger partial charge in [0.25, 0.3) is 5.91 Å². The maximum Gasteiger partial charge on any atom is 0.418 e. The third kappa shape index (κ3) is 2.97. The van der Waals surface area contributed by atoms with Crippen molar-refractivity contribution in [3.05, 3.63) is 29.8 Å². The van der Waals surface area contributed by atoms with Crippen LogP contribution in [0.4, 0.5) is 18.9 Å². The molecular weight excluding hydrogens is 309 g/mol. The van der Waals surface area contributed by atoms with Crippen molar-refractivity contribution < 1.29 is 22.8 Å². The van der Waals surface area contributed by atoms with E-state index in [4.69, 9.17) is 0 Å². The first-order valence-corrected chi connectivity index (χ1v) is 7.66. The summed E-state index contributed by atoms with van der Waals surface area (Å²) in [4.78, 5) is 27.4. The Labute approximate surface area is 131 Å². The Morgan fingerprint density at radius 3 is 2.30 bits per heavy atom. The third-order valence-electron chi connectivity index (χ3n) is 4.40. The quantitative estimate of drug-likeness (QED) is 0.785. The highest BCUT2D eigenvalue weighted by Crippen LogP contribution is 2.38. The Bertz CT molecular complexity index is 624. The predicted octanol–water partition coefficient (Wildman–Crippen LogP) is 2.82. The fourth-order valence-corrected chi connectivity index (χ4v) is 3.29. The molecule has 2 heterocycles. The van der Waals surface area contributed by atoms with Crippen molar-refractivity contribution >= 4 is 17.5 Å². The summed E-state index contributed by atoms with van der Waals surface area (Å²) in [5, 5.41) is 0. The van der Waals surface area contributed by atoms with Crippen LogP contribution in [0, 0.1) is 0 Å². The number of para-hydroxylation sites is 1. The van der Waals surface area contributed by atoms with Gasteiger partial charge in [0, 0.05) is 0 Å². The molecule has 1 unspecified atom stereocenters. The molecule has 1 aromatic rings. The van der Waals surface area contributed by atoms with E-state index in [1.54, 1.807) is 0 Å². The molecule has 2 saturated heterocycles. The summed E-state index contributed by atoms with van der Waals surface area (Å²) in [5.74, 6) is -1.11. The smallest absolute Gasteiger partial charge is 0.292 e. The molecule has 0 bridgehead atoms. The Hall–Kier alpha value is -1.89. The van der Waals surface area contributed by atoms with Crippen molar-refractivity contribution in [2.45, 2.75) is 37.9 Å². The van der Waals surface area contributed by atoms with Crippen LogP contribution in [0.2, 0.25) is 0 Å². The lowest BCUT2D eigenvalue weighted by molar-refractivity contribution is -0.137. The molecule has 2 amide bonds. The molecule has 1 aromatic carbocycles. The van der Waals surface area contributed by atoms with Crippen molar-refractivity contribution in [3.63, 3.8) is 0 Å². The number of carbonyl (C=O) groups excluding carboxylic acids is 2. The zero-order chi connectivity index (χ0) is 16.6. The van der Waals surface area contributed by atoms with E-state index in [1.165, 1.54) is 18.2 Å². The maximum atomic E-state index is 13.1. The van der Waals surface area contributed by atoms with Gasteiger partial charge in [0.05, 0.1) is 23.7 Å². The van der Waals surface area contributed by atoms with E-state index < -0.39 is 29.6 Å². The number of imide groups is 1. The highest BCUT2D eigenvalue weighted by molar-refractivity contribution is 6.22. The lowest BCUT2D eigenvalue weighted by Crippen LogP contribution is -2.44. The van der Waals surface area contributed by atoms with Crippen molar-refractivity contribution in [1.29, 1.82) is 0 Å². The van der Waals surface area contributed by atoms with Gasteiger partial charge in [-0.15, -0.1) is 0 Å². The second-order valence-electron chi connectivity index (χ2n) is 5.90. The number of alkyl halides is 3. The number of anilines is 1. The molecule has 4 nitrogen and oxygen atoms in total. The summed E-state index contributed by atoms with van der Waals surface area (Å²) in [7, 11) is 0. The number of rotatable bonds is 2. The standard InChI is InChI=1S/C16H17F3N2O2/c17-16(18,19)11-6-2-3-7-12(11)21-14(22)10-13(15(21)23)20-8-4-1-5-9-20/h2-3,6-7,13H,1,4-5,8-10H2. The van der Waals surface area contributed by atoms with E-state index in [0.29, 0.717) is 18.0 Å². The number of nitrogens with zero attached hydrogens (tertiary/aromatic N) is 2. The molecule has 0 aromatic heterocycles. The van der Waals surface area contributed by atoms with Gasteiger partial charge in [-0.3, -0.25) is 14.5 Å². The fourth-order valence-electron chi connectivity index (χ4n) is 3.29. The molecule has 0 aliphatic carbocycles. The average Bonchev–Trinajstić information content (AvgIpc) is 2.82. The van der Waals surface area contributed by atoms with Crippen LogP contribution < -0.4 is 4.90 Å². The molecule has 2 aliphatic heterocycles. The van der Waals surface area contributed by atoms with E-state index >= 15 is 0 Å². The van der Waals surface area contributed by atoms with Gasteiger partial charge in [0.15, 0.2) is 0 Å². The normalized spacial score (nSPS) is 23.6. The number of benzene rings is 1. The zero-order valence-corrected chi connectivity index (χ0v) is 12.5. The molecule has 0 radical (unpaired) electrons. The van der Waals surface area contributed by atoms with Gasteiger partial charge in [-0.05, 0) is 38.1 Å². The number of halogens is 3. The van der Waals surface area contributed by atoms with Gasteiger partial charge in [-0.2, -0.15) is 13.2 Å². The summed E-state index contributed by atoms with van der Waals surface area (Å²) < 4.78 is 39.4. The first kappa shape index (κ1) is 16.0. The Balaban J connectivity index is 1.92. The van der Waals surface area contributed by atoms with Crippen LogP contribution in [0.5, 0.6) is 0 Å². The molecule has 0 saturated carbocycles. The lowest BCUT2D eigenvalue weighted by atomic mass is 10.1. The Morgan fingerprint density at radius 1 is 1.00 bits per heavy atom. The number of likely N-dealkylation sites (tertiary alicyclic amines) is 1. The highest BCUT2D eigenvalue weighted by Gasteiger charge is 2.46. The van der Waals surface area contributed by atoms with Gasteiger partial charge in [0.2, 0.25) is 5.91 Å². The molecule has 2 aliphatic rings. The molecular formula is C16H17F3N2O2. The van der Waals surface area contributed by atoms with E-state index in [-0.39, 0.29) is 12.1 Å². The van der Waals surface area contributed by atoms with E-state index in [2.05, 4.69) is 0 Å². The minimum absolute atomic E-state index is 0.0506. The van der Waals surface area contributed by atoms with Gasteiger partial charge >= 0.3 is 6.18 Å². The minimum Gasteiger partial charge on any atom is -0.292 e. The van der Waals surface area contributed by atoms with Gasteiger partial charge in [-0.25, -0.2) is 4.90 Å². The van der Waals surface area contributed by atoms with E-state index in [9.17, 15) is 22.8 Å². The fraction of sp³-hybridized carbons (Fsp3) is 0.500. The van der Waals surface area contributed by atoms with Crippen LogP contribution in [-0.4, -0.2) is 35.8 Å². The largest absolute Gasteiger partial charge is 0.418 e.